The number of halogens is 1. The van der Waals surface area contributed by atoms with Gasteiger partial charge in [-0.2, -0.15) is 0 Å². The number of carbonyl (C=O) groups excluding carboxylic acids is 2. The van der Waals surface area contributed by atoms with Gasteiger partial charge in [-0.15, -0.1) is 5.10 Å². The molecule has 0 radical (unpaired) electrons. The van der Waals surface area contributed by atoms with Crippen molar-refractivity contribution in [3.63, 3.8) is 0 Å². The van der Waals surface area contributed by atoms with E-state index in [9.17, 15) is 14.0 Å². The van der Waals surface area contributed by atoms with Crippen molar-refractivity contribution < 1.29 is 18.7 Å². The van der Waals surface area contributed by atoms with Gasteiger partial charge in [-0.3, -0.25) is 10.1 Å². The molecule has 1 heterocycles. The molecule has 3 aromatic rings. The van der Waals surface area contributed by atoms with Gasteiger partial charge in [-0.25, -0.2) is 13.9 Å². The Bertz CT molecular complexity index is 1040. The number of hydrogen-bond acceptors (Lipinski definition) is 4. The van der Waals surface area contributed by atoms with Crippen molar-refractivity contribution >= 4 is 17.8 Å². The normalized spacial score (nSPS) is 10.0. The lowest BCUT2D eigenvalue weighted by atomic mass is 10.2. The number of amides is 2. The fourth-order valence-electron chi connectivity index (χ4n) is 2.30. The van der Waals surface area contributed by atoms with E-state index >= 15 is 0 Å². The number of nitrogens with one attached hydrogen (secondary N) is 1. The highest BCUT2D eigenvalue weighted by Crippen LogP contribution is 2.19. The number of ether oxygens (including phenoxy) is 1. The van der Waals surface area contributed by atoms with Crippen LogP contribution in [0, 0.1) is 5.82 Å². The standard InChI is InChI=1S/C18H13FN6O3/c19-13-6-8-14(9-7-13)25-10-15(17(26)22-24-20)16(23-25)21-18(27)28-11-12-4-2-1-3-5-12/h1-10H,11H2,(H,21,23,27). The molecule has 0 atom stereocenters. The number of azide groups is 1. The molecule has 1 aromatic heterocycles. The minimum atomic E-state index is -0.936. The smallest absolute Gasteiger partial charge is 0.413 e. The third-order valence-corrected chi connectivity index (χ3v) is 3.60. The van der Waals surface area contributed by atoms with Gasteiger partial charge < -0.3 is 4.74 Å². The minimum Gasteiger partial charge on any atom is -0.444 e. The van der Waals surface area contributed by atoms with Gasteiger partial charge in [0.15, 0.2) is 5.82 Å². The predicted molar refractivity (Wildman–Crippen MR) is 97.2 cm³/mol. The van der Waals surface area contributed by atoms with Crippen LogP contribution in [-0.2, 0) is 11.3 Å². The van der Waals surface area contributed by atoms with E-state index in [0.717, 1.165) is 5.56 Å². The van der Waals surface area contributed by atoms with E-state index < -0.39 is 17.8 Å². The monoisotopic (exact) mass is 380 g/mol. The second-order valence-corrected chi connectivity index (χ2v) is 5.49. The summed E-state index contributed by atoms with van der Waals surface area (Å²) in [4.78, 5) is 26.5. The molecule has 2 amide bonds. The van der Waals surface area contributed by atoms with Gasteiger partial charge in [0, 0.05) is 11.1 Å². The highest BCUT2D eigenvalue weighted by atomic mass is 19.1. The van der Waals surface area contributed by atoms with Gasteiger partial charge in [0.05, 0.1) is 11.3 Å². The van der Waals surface area contributed by atoms with Crippen LogP contribution in [0.2, 0.25) is 0 Å². The summed E-state index contributed by atoms with van der Waals surface area (Å²) in [7, 11) is 0. The molecular weight excluding hydrogens is 367 g/mol. The Labute approximate surface area is 158 Å². The lowest BCUT2D eigenvalue weighted by Crippen LogP contribution is -2.15. The Hall–Kier alpha value is -4.17. The average Bonchev–Trinajstić information content (AvgIpc) is 3.12. The van der Waals surface area contributed by atoms with Crippen molar-refractivity contribution in [1.82, 2.24) is 9.78 Å². The SMILES string of the molecule is [N-]=[N+]=NC(=O)c1cn(-c2ccc(F)cc2)nc1NC(=O)OCc1ccccc1. The van der Waals surface area contributed by atoms with Crippen molar-refractivity contribution in [2.24, 2.45) is 5.11 Å². The summed E-state index contributed by atoms with van der Waals surface area (Å²) >= 11 is 0. The molecule has 140 valence electrons. The molecule has 0 spiro atoms. The van der Waals surface area contributed by atoms with Crippen molar-refractivity contribution in [2.75, 3.05) is 5.32 Å². The maximum Gasteiger partial charge on any atom is 0.413 e. The van der Waals surface area contributed by atoms with Crippen LogP contribution < -0.4 is 5.32 Å². The van der Waals surface area contributed by atoms with E-state index in [1.807, 2.05) is 6.07 Å². The van der Waals surface area contributed by atoms with Crippen molar-refractivity contribution in [3.05, 3.63) is 88.2 Å². The molecule has 0 saturated carbocycles. The minimum absolute atomic E-state index is 0.0188. The van der Waals surface area contributed by atoms with Crippen LogP contribution in [0.15, 0.2) is 65.9 Å². The maximum absolute atomic E-state index is 13.1. The number of anilines is 1. The number of rotatable bonds is 5. The summed E-state index contributed by atoms with van der Waals surface area (Å²) in [6.07, 6.45) is 0.417. The summed E-state index contributed by atoms with van der Waals surface area (Å²) in [5, 5.41) is 9.45. The number of aromatic nitrogens is 2. The van der Waals surface area contributed by atoms with Gasteiger partial charge in [-0.1, -0.05) is 30.3 Å². The first kappa shape index (κ1) is 18.6. The van der Waals surface area contributed by atoms with E-state index in [1.54, 1.807) is 24.3 Å². The third-order valence-electron chi connectivity index (χ3n) is 3.60. The van der Waals surface area contributed by atoms with Crippen LogP contribution in [-0.4, -0.2) is 21.8 Å². The van der Waals surface area contributed by atoms with Crippen LogP contribution in [0.3, 0.4) is 0 Å². The Morgan fingerprint density at radius 2 is 1.89 bits per heavy atom. The molecule has 2 aromatic carbocycles. The second kappa shape index (κ2) is 8.47. The third kappa shape index (κ3) is 4.51. The van der Waals surface area contributed by atoms with Gasteiger partial charge in [0.25, 0.3) is 5.91 Å². The zero-order chi connectivity index (χ0) is 19.9. The number of hydrogen-bond donors (Lipinski definition) is 1. The lowest BCUT2D eigenvalue weighted by molar-refractivity contribution is 0.100. The first-order chi connectivity index (χ1) is 13.6. The predicted octanol–water partition coefficient (Wildman–Crippen LogP) is 4.21. The average molecular weight is 380 g/mol. The number of carbonyl (C=O) groups is 2. The molecule has 0 aliphatic heterocycles. The highest BCUT2D eigenvalue weighted by molar-refractivity contribution is 6.02. The van der Waals surface area contributed by atoms with Gasteiger partial charge >= 0.3 is 6.09 Å². The Balaban J connectivity index is 1.81. The topological polar surface area (TPSA) is 122 Å². The molecular formula is C18H13FN6O3. The largest absolute Gasteiger partial charge is 0.444 e. The first-order valence-corrected chi connectivity index (χ1v) is 7.99. The highest BCUT2D eigenvalue weighted by Gasteiger charge is 2.19. The summed E-state index contributed by atoms with van der Waals surface area (Å²) in [5.41, 5.74) is 9.56. The zero-order valence-electron chi connectivity index (χ0n) is 14.3. The van der Waals surface area contributed by atoms with Crippen molar-refractivity contribution in [3.8, 4) is 5.69 Å². The summed E-state index contributed by atoms with van der Waals surface area (Å²) in [6, 6.07) is 14.3. The van der Waals surface area contributed by atoms with E-state index in [0.29, 0.717) is 5.69 Å². The van der Waals surface area contributed by atoms with Crippen LogP contribution in [0.4, 0.5) is 15.0 Å². The fraction of sp³-hybridized carbons (Fsp3) is 0.0556. The molecule has 3 rings (SSSR count). The summed E-state index contributed by atoms with van der Waals surface area (Å²) in [6.45, 7) is 0.0188. The number of benzene rings is 2. The van der Waals surface area contributed by atoms with Crippen molar-refractivity contribution in [2.45, 2.75) is 6.61 Å². The Morgan fingerprint density at radius 3 is 2.57 bits per heavy atom. The summed E-state index contributed by atoms with van der Waals surface area (Å²) in [5.74, 6) is -1.53. The van der Waals surface area contributed by atoms with Gasteiger partial charge in [0.2, 0.25) is 0 Å². The number of nitrogens with zero attached hydrogens (tertiary/aromatic N) is 5. The molecule has 0 aliphatic carbocycles. The van der Waals surface area contributed by atoms with E-state index in [4.69, 9.17) is 10.3 Å². The summed E-state index contributed by atoms with van der Waals surface area (Å²) < 4.78 is 19.4. The molecule has 0 saturated heterocycles. The molecule has 9 nitrogen and oxygen atoms in total. The first-order valence-electron chi connectivity index (χ1n) is 7.99. The van der Waals surface area contributed by atoms with Gasteiger partial charge in [-0.05, 0) is 40.5 Å². The molecule has 0 bridgehead atoms. The molecule has 0 unspecified atom stereocenters. The van der Waals surface area contributed by atoms with Gasteiger partial charge in [0.1, 0.15) is 12.4 Å². The second-order valence-electron chi connectivity index (χ2n) is 5.49. The van der Waals surface area contributed by atoms with E-state index in [2.05, 4.69) is 20.4 Å². The zero-order valence-corrected chi connectivity index (χ0v) is 14.3. The Kier molecular flexibility index (Phi) is 5.63. The van der Waals surface area contributed by atoms with Crippen LogP contribution >= 0.6 is 0 Å². The molecule has 0 aliphatic rings. The maximum atomic E-state index is 13.1. The molecule has 28 heavy (non-hydrogen) atoms. The molecule has 1 N–H and O–H groups in total. The van der Waals surface area contributed by atoms with Crippen LogP contribution in [0.1, 0.15) is 15.9 Å². The molecule has 0 fully saturated rings. The fourth-order valence-corrected chi connectivity index (χ4v) is 2.30. The van der Waals surface area contributed by atoms with Crippen LogP contribution in [0.25, 0.3) is 16.1 Å². The quantitative estimate of drug-likeness (QED) is 0.405. The van der Waals surface area contributed by atoms with Crippen molar-refractivity contribution in [1.29, 1.82) is 0 Å². The van der Waals surface area contributed by atoms with Crippen LogP contribution in [0.5, 0.6) is 0 Å². The Morgan fingerprint density at radius 1 is 1.18 bits per heavy atom. The lowest BCUT2D eigenvalue weighted by Gasteiger charge is -2.06. The molecule has 10 heteroatoms. The van der Waals surface area contributed by atoms with E-state index in [-0.39, 0.29) is 18.0 Å². The van der Waals surface area contributed by atoms with E-state index in [1.165, 1.54) is 35.1 Å².